The molecule has 1 rings (SSSR count). The molecule has 0 spiro atoms. The third-order valence-corrected chi connectivity index (χ3v) is 3.24. The summed E-state index contributed by atoms with van der Waals surface area (Å²) in [6.07, 6.45) is 2.69. The Bertz CT molecular complexity index is 134. The van der Waals surface area contributed by atoms with Crippen LogP contribution >= 0.6 is 0 Å². The van der Waals surface area contributed by atoms with Crippen LogP contribution in [0, 0.1) is 17.3 Å². The lowest BCUT2D eigenvalue weighted by molar-refractivity contribution is 0.116. The number of nitrogens with one attached hydrogen (secondary N) is 1. The van der Waals surface area contributed by atoms with Crippen LogP contribution in [0.15, 0.2) is 0 Å². The standard InChI is InChI=1S/C11H23N/c1-5-9-8-12-7-6-10(9)11(2,3)4/h9-10,12H,5-8H2,1-4H3. The third-order valence-electron chi connectivity index (χ3n) is 3.24. The summed E-state index contributed by atoms with van der Waals surface area (Å²) in [6, 6.07) is 0. The summed E-state index contributed by atoms with van der Waals surface area (Å²) >= 11 is 0. The molecule has 0 amide bonds. The molecular formula is C11H23N. The molecule has 0 saturated carbocycles. The van der Waals surface area contributed by atoms with Gasteiger partial charge in [-0.1, -0.05) is 34.1 Å². The van der Waals surface area contributed by atoms with Gasteiger partial charge in [-0.25, -0.2) is 0 Å². The highest BCUT2D eigenvalue weighted by Gasteiger charge is 2.32. The average Bonchev–Trinajstić information content (AvgIpc) is 2.03. The Balaban J connectivity index is 2.59. The van der Waals surface area contributed by atoms with Crippen molar-refractivity contribution in [3.8, 4) is 0 Å². The second-order valence-electron chi connectivity index (χ2n) is 5.13. The van der Waals surface area contributed by atoms with E-state index in [0.29, 0.717) is 5.41 Å². The van der Waals surface area contributed by atoms with Crippen molar-refractivity contribution >= 4 is 0 Å². The van der Waals surface area contributed by atoms with Crippen LogP contribution in [0.4, 0.5) is 0 Å². The lowest BCUT2D eigenvalue weighted by Crippen LogP contribution is -2.41. The molecule has 0 bridgehead atoms. The zero-order valence-corrected chi connectivity index (χ0v) is 8.98. The highest BCUT2D eigenvalue weighted by Crippen LogP contribution is 2.37. The summed E-state index contributed by atoms with van der Waals surface area (Å²) in [5.74, 6) is 1.82. The van der Waals surface area contributed by atoms with Gasteiger partial charge in [-0.3, -0.25) is 0 Å². The number of rotatable bonds is 1. The monoisotopic (exact) mass is 169 g/mol. The first-order chi connectivity index (χ1) is 5.55. The van der Waals surface area contributed by atoms with E-state index in [4.69, 9.17) is 0 Å². The lowest BCUT2D eigenvalue weighted by Gasteiger charge is -2.40. The fraction of sp³-hybridized carbons (Fsp3) is 1.00. The smallest absolute Gasteiger partial charge is 0.00178 e. The van der Waals surface area contributed by atoms with E-state index < -0.39 is 0 Å². The van der Waals surface area contributed by atoms with Gasteiger partial charge in [0.15, 0.2) is 0 Å². The van der Waals surface area contributed by atoms with Gasteiger partial charge in [0.25, 0.3) is 0 Å². The Kier molecular flexibility index (Phi) is 3.16. The molecule has 1 fully saturated rings. The van der Waals surface area contributed by atoms with Crippen LogP contribution in [-0.4, -0.2) is 13.1 Å². The summed E-state index contributed by atoms with van der Waals surface area (Å²) in [7, 11) is 0. The van der Waals surface area contributed by atoms with E-state index in [1.807, 2.05) is 0 Å². The van der Waals surface area contributed by atoms with E-state index in [0.717, 1.165) is 11.8 Å². The van der Waals surface area contributed by atoms with Gasteiger partial charge in [0, 0.05) is 0 Å². The molecule has 1 saturated heterocycles. The summed E-state index contributed by atoms with van der Waals surface area (Å²) < 4.78 is 0. The molecule has 0 aromatic heterocycles. The van der Waals surface area contributed by atoms with E-state index in [-0.39, 0.29) is 0 Å². The molecule has 1 aliphatic rings. The van der Waals surface area contributed by atoms with Gasteiger partial charge in [0.2, 0.25) is 0 Å². The van der Waals surface area contributed by atoms with Crippen molar-refractivity contribution in [1.82, 2.24) is 5.32 Å². The first kappa shape index (κ1) is 10.0. The highest BCUT2D eigenvalue weighted by atomic mass is 14.9. The van der Waals surface area contributed by atoms with Gasteiger partial charge in [-0.15, -0.1) is 0 Å². The Morgan fingerprint density at radius 3 is 2.42 bits per heavy atom. The van der Waals surface area contributed by atoms with E-state index in [1.165, 1.54) is 25.9 Å². The van der Waals surface area contributed by atoms with Gasteiger partial charge >= 0.3 is 0 Å². The first-order valence-corrected chi connectivity index (χ1v) is 5.26. The maximum Gasteiger partial charge on any atom is -0.00178 e. The van der Waals surface area contributed by atoms with Gasteiger partial charge in [-0.05, 0) is 36.8 Å². The largest absolute Gasteiger partial charge is 0.316 e. The predicted octanol–water partition coefficient (Wildman–Crippen LogP) is 2.67. The summed E-state index contributed by atoms with van der Waals surface area (Å²) in [4.78, 5) is 0. The van der Waals surface area contributed by atoms with E-state index in [9.17, 15) is 0 Å². The van der Waals surface area contributed by atoms with E-state index in [2.05, 4.69) is 33.0 Å². The van der Waals surface area contributed by atoms with Crippen LogP contribution in [-0.2, 0) is 0 Å². The molecule has 2 atom stereocenters. The van der Waals surface area contributed by atoms with Crippen molar-refractivity contribution in [3.05, 3.63) is 0 Å². The van der Waals surface area contributed by atoms with Crippen LogP contribution in [0.3, 0.4) is 0 Å². The topological polar surface area (TPSA) is 12.0 Å². The van der Waals surface area contributed by atoms with E-state index >= 15 is 0 Å². The van der Waals surface area contributed by atoms with Crippen molar-refractivity contribution < 1.29 is 0 Å². The predicted molar refractivity (Wildman–Crippen MR) is 54.2 cm³/mol. The SMILES string of the molecule is CCC1CNCCC1C(C)(C)C. The summed E-state index contributed by atoms with van der Waals surface area (Å²) in [5.41, 5.74) is 0.503. The zero-order chi connectivity index (χ0) is 9.19. The molecule has 72 valence electrons. The minimum Gasteiger partial charge on any atom is -0.316 e. The second-order valence-corrected chi connectivity index (χ2v) is 5.13. The van der Waals surface area contributed by atoms with Crippen molar-refractivity contribution in [2.24, 2.45) is 17.3 Å². The average molecular weight is 169 g/mol. The van der Waals surface area contributed by atoms with Crippen LogP contribution in [0.1, 0.15) is 40.5 Å². The Morgan fingerprint density at radius 1 is 1.33 bits per heavy atom. The molecule has 2 unspecified atom stereocenters. The zero-order valence-electron chi connectivity index (χ0n) is 8.98. The van der Waals surface area contributed by atoms with Crippen molar-refractivity contribution in [1.29, 1.82) is 0 Å². The molecule has 1 N–H and O–H groups in total. The van der Waals surface area contributed by atoms with Gasteiger partial charge in [0.05, 0.1) is 0 Å². The van der Waals surface area contributed by atoms with Crippen LogP contribution in [0.5, 0.6) is 0 Å². The fourth-order valence-electron chi connectivity index (χ4n) is 2.49. The lowest BCUT2D eigenvalue weighted by atomic mass is 9.69. The maximum absolute atomic E-state index is 3.49. The molecule has 1 heterocycles. The summed E-state index contributed by atoms with van der Waals surface area (Å²) in [5, 5.41) is 3.49. The van der Waals surface area contributed by atoms with Gasteiger partial charge in [0.1, 0.15) is 0 Å². The second kappa shape index (κ2) is 3.78. The Hall–Kier alpha value is -0.0400. The van der Waals surface area contributed by atoms with E-state index in [1.54, 1.807) is 0 Å². The molecule has 1 nitrogen and oxygen atoms in total. The maximum atomic E-state index is 3.49. The van der Waals surface area contributed by atoms with Gasteiger partial charge in [-0.2, -0.15) is 0 Å². The molecule has 0 aliphatic carbocycles. The minimum absolute atomic E-state index is 0.503. The fourth-order valence-corrected chi connectivity index (χ4v) is 2.49. The highest BCUT2D eigenvalue weighted by molar-refractivity contribution is 4.84. The third kappa shape index (κ3) is 2.22. The molecule has 0 aromatic rings. The van der Waals surface area contributed by atoms with Crippen molar-refractivity contribution in [3.63, 3.8) is 0 Å². The normalized spacial score (nSPS) is 32.0. The molecule has 1 heteroatoms. The quantitative estimate of drug-likeness (QED) is 0.636. The Morgan fingerprint density at radius 2 is 2.00 bits per heavy atom. The number of hydrogen-bond donors (Lipinski definition) is 1. The minimum atomic E-state index is 0.503. The first-order valence-electron chi connectivity index (χ1n) is 5.26. The van der Waals surface area contributed by atoms with Gasteiger partial charge < -0.3 is 5.32 Å². The molecule has 0 aromatic carbocycles. The van der Waals surface area contributed by atoms with Crippen molar-refractivity contribution in [2.45, 2.75) is 40.5 Å². The van der Waals surface area contributed by atoms with Crippen LogP contribution in [0.2, 0.25) is 0 Å². The number of piperidine rings is 1. The Labute approximate surface area is 76.9 Å². The molecule has 1 aliphatic heterocycles. The van der Waals surface area contributed by atoms with Crippen LogP contribution < -0.4 is 5.32 Å². The molecule has 12 heavy (non-hydrogen) atoms. The summed E-state index contributed by atoms with van der Waals surface area (Å²) in [6.45, 7) is 11.9. The van der Waals surface area contributed by atoms with Crippen molar-refractivity contribution in [2.75, 3.05) is 13.1 Å². The molecule has 0 radical (unpaired) electrons. The number of hydrogen-bond acceptors (Lipinski definition) is 1. The van der Waals surface area contributed by atoms with Crippen LogP contribution in [0.25, 0.3) is 0 Å². The molecular weight excluding hydrogens is 146 g/mol.